The van der Waals surface area contributed by atoms with E-state index in [0.29, 0.717) is 17.1 Å². The highest BCUT2D eigenvalue weighted by Crippen LogP contribution is 2.19. The van der Waals surface area contributed by atoms with Crippen LogP contribution in [0.25, 0.3) is 0 Å². The van der Waals surface area contributed by atoms with E-state index in [1.54, 1.807) is 43.9 Å². The first-order chi connectivity index (χ1) is 7.89. The fourth-order valence-corrected chi connectivity index (χ4v) is 3.16. The molecule has 0 unspecified atom stereocenters. The van der Waals surface area contributed by atoms with E-state index in [-0.39, 0.29) is 0 Å². The molecule has 96 valence electrons. The van der Waals surface area contributed by atoms with E-state index in [4.69, 9.17) is 5.73 Å². The van der Waals surface area contributed by atoms with Gasteiger partial charge < -0.3 is 5.73 Å². The summed E-state index contributed by atoms with van der Waals surface area (Å²) >= 11 is 1.62. The monoisotopic (exact) mass is 274 g/mol. The second kappa shape index (κ2) is 5.75. The first-order valence-corrected chi connectivity index (χ1v) is 8.04. The lowest BCUT2D eigenvalue weighted by Gasteiger charge is -2.17. The molecule has 0 fully saturated rings. The minimum Gasteiger partial charge on any atom is -0.399 e. The quantitative estimate of drug-likeness (QED) is 0.828. The zero-order chi connectivity index (χ0) is 13.1. The average Bonchev–Trinajstić information content (AvgIpc) is 2.29. The predicted molar refractivity (Wildman–Crippen MR) is 73.8 cm³/mol. The Kier molecular flexibility index (Phi) is 4.85. The van der Waals surface area contributed by atoms with Gasteiger partial charge in [0.1, 0.15) is 0 Å². The SMILES string of the molecule is CSCCN(C)S(=O)(=O)c1ccc(N)c(C)c1. The lowest BCUT2D eigenvalue weighted by molar-refractivity contribution is 0.488. The van der Waals surface area contributed by atoms with Gasteiger partial charge in [-0.3, -0.25) is 0 Å². The first kappa shape index (κ1) is 14.3. The van der Waals surface area contributed by atoms with Gasteiger partial charge in [0.2, 0.25) is 10.0 Å². The summed E-state index contributed by atoms with van der Waals surface area (Å²) in [5.41, 5.74) is 7.07. The lowest BCUT2D eigenvalue weighted by Crippen LogP contribution is -2.29. The highest BCUT2D eigenvalue weighted by Gasteiger charge is 2.20. The molecule has 4 nitrogen and oxygen atoms in total. The van der Waals surface area contributed by atoms with Crippen molar-refractivity contribution in [1.29, 1.82) is 0 Å². The van der Waals surface area contributed by atoms with E-state index in [2.05, 4.69) is 0 Å². The number of anilines is 1. The number of nitrogen functional groups attached to an aromatic ring is 1. The van der Waals surface area contributed by atoms with E-state index in [9.17, 15) is 8.42 Å². The van der Waals surface area contributed by atoms with Crippen molar-refractivity contribution < 1.29 is 8.42 Å². The van der Waals surface area contributed by atoms with Crippen molar-refractivity contribution in [1.82, 2.24) is 4.31 Å². The van der Waals surface area contributed by atoms with E-state index < -0.39 is 10.0 Å². The fraction of sp³-hybridized carbons (Fsp3) is 0.455. The molecule has 0 atom stereocenters. The van der Waals surface area contributed by atoms with Gasteiger partial charge in [-0.15, -0.1) is 0 Å². The maximum absolute atomic E-state index is 12.2. The van der Waals surface area contributed by atoms with Gasteiger partial charge in [0.25, 0.3) is 0 Å². The molecular weight excluding hydrogens is 256 g/mol. The largest absolute Gasteiger partial charge is 0.399 e. The number of nitrogens with two attached hydrogens (primary N) is 1. The van der Waals surface area contributed by atoms with Crippen LogP contribution in [0.1, 0.15) is 5.56 Å². The van der Waals surface area contributed by atoms with Crippen LogP contribution in [-0.2, 0) is 10.0 Å². The third-order valence-electron chi connectivity index (χ3n) is 2.56. The minimum absolute atomic E-state index is 0.299. The van der Waals surface area contributed by atoms with Crippen LogP contribution in [0.3, 0.4) is 0 Å². The Bertz CT molecular complexity index is 486. The fourth-order valence-electron chi connectivity index (χ4n) is 1.33. The molecule has 0 saturated heterocycles. The molecule has 0 bridgehead atoms. The summed E-state index contributed by atoms with van der Waals surface area (Å²) in [6.45, 7) is 2.31. The maximum atomic E-state index is 12.2. The molecule has 1 rings (SSSR count). The smallest absolute Gasteiger partial charge is 0.242 e. The third kappa shape index (κ3) is 3.37. The number of benzene rings is 1. The molecule has 6 heteroatoms. The molecule has 0 radical (unpaired) electrons. The number of thioether (sulfide) groups is 1. The van der Waals surface area contributed by atoms with Gasteiger partial charge in [-0.05, 0) is 36.9 Å². The highest BCUT2D eigenvalue weighted by molar-refractivity contribution is 7.98. The summed E-state index contributed by atoms with van der Waals surface area (Å²) < 4.78 is 25.7. The standard InChI is InChI=1S/C11H18N2O2S2/c1-9-8-10(4-5-11(9)12)17(14,15)13(2)6-7-16-3/h4-5,8H,6-7,12H2,1-3H3. The molecule has 0 aliphatic carbocycles. The van der Waals surface area contributed by atoms with Gasteiger partial charge in [-0.1, -0.05) is 0 Å². The molecule has 1 aromatic carbocycles. The summed E-state index contributed by atoms with van der Waals surface area (Å²) in [4.78, 5) is 0.299. The molecule has 0 aliphatic rings. The van der Waals surface area contributed by atoms with Crippen LogP contribution in [0, 0.1) is 6.92 Å². The van der Waals surface area contributed by atoms with Gasteiger partial charge in [-0.25, -0.2) is 12.7 Å². The number of nitrogens with zero attached hydrogens (tertiary/aromatic N) is 1. The van der Waals surface area contributed by atoms with Crippen molar-refractivity contribution in [2.45, 2.75) is 11.8 Å². The molecule has 0 aromatic heterocycles. The summed E-state index contributed by atoms with van der Waals surface area (Å²) in [6, 6.07) is 4.79. The summed E-state index contributed by atoms with van der Waals surface area (Å²) in [5.74, 6) is 0.781. The molecule has 17 heavy (non-hydrogen) atoms. The molecule has 0 saturated carbocycles. The number of hydrogen-bond acceptors (Lipinski definition) is 4. The normalized spacial score (nSPS) is 12.0. The van der Waals surface area contributed by atoms with Crippen LogP contribution in [-0.4, -0.2) is 38.3 Å². The maximum Gasteiger partial charge on any atom is 0.242 e. The Labute approximate surface area is 107 Å². The summed E-state index contributed by atoms with van der Waals surface area (Å²) in [5, 5.41) is 0. The summed E-state index contributed by atoms with van der Waals surface area (Å²) in [6.07, 6.45) is 1.95. The lowest BCUT2D eigenvalue weighted by atomic mass is 10.2. The van der Waals surface area contributed by atoms with Crippen molar-refractivity contribution in [3.8, 4) is 0 Å². The number of hydrogen-bond donors (Lipinski definition) is 1. The number of sulfonamides is 1. The summed E-state index contributed by atoms with van der Waals surface area (Å²) in [7, 11) is -1.79. The van der Waals surface area contributed by atoms with Crippen molar-refractivity contribution >= 4 is 27.5 Å². The zero-order valence-electron chi connectivity index (χ0n) is 10.3. The molecule has 0 spiro atoms. The first-order valence-electron chi connectivity index (χ1n) is 5.21. The van der Waals surface area contributed by atoms with Gasteiger partial charge in [-0.2, -0.15) is 11.8 Å². The molecular formula is C11H18N2O2S2. The van der Waals surface area contributed by atoms with Crippen molar-refractivity contribution in [3.63, 3.8) is 0 Å². The Hall–Kier alpha value is -0.720. The van der Waals surface area contributed by atoms with Crippen molar-refractivity contribution in [3.05, 3.63) is 23.8 Å². The zero-order valence-corrected chi connectivity index (χ0v) is 11.9. The Morgan fingerprint density at radius 2 is 2.06 bits per heavy atom. The van der Waals surface area contributed by atoms with Gasteiger partial charge in [0.15, 0.2) is 0 Å². The second-order valence-corrected chi connectivity index (χ2v) is 6.87. The van der Waals surface area contributed by atoms with Crippen LogP contribution in [0.5, 0.6) is 0 Å². The second-order valence-electron chi connectivity index (χ2n) is 3.84. The van der Waals surface area contributed by atoms with Crippen molar-refractivity contribution in [2.75, 3.05) is 31.3 Å². The number of rotatable bonds is 5. The van der Waals surface area contributed by atoms with E-state index >= 15 is 0 Å². The Morgan fingerprint density at radius 1 is 1.41 bits per heavy atom. The molecule has 1 aromatic rings. The van der Waals surface area contributed by atoms with Crippen LogP contribution in [0.15, 0.2) is 23.1 Å². The van der Waals surface area contributed by atoms with E-state index in [1.165, 1.54) is 4.31 Å². The molecule has 0 heterocycles. The Balaban J connectivity index is 3.00. The third-order valence-corrected chi connectivity index (χ3v) is 5.00. The minimum atomic E-state index is -3.39. The number of aryl methyl sites for hydroxylation is 1. The van der Waals surface area contributed by atoms with Gasteiger partial charge >= 0.3 is 0 Å². The van der Waals surface area contributed by atoms with E-state index in [0.717, 1.165) is 11.3 Å². The van der Waals surface area contributed by atoms with Crippen molar-refractivity contribution in [2.24, 2.45) is 0 Å². The van der Waals surface area contributed by atoms with Crippen LogP contribution in [0.4, 0.5) is 5.69 Å². The Morgan fingerprint density at radius 3 is 2.59 bits per heavy atom. The van der Waals surface area contributed by atoms with Gasteiger partial charge in [0.05, 0.1) is 4.90 Å². The highest BCUT2D eigenvalue weighted by atomic mass is 32.2. The molecule has 0 aliphatic heterocycles. The van der Waals surface area contributed by atoms with Crippen LogP contribution >= 0.6 is 11.8 Å². The molecule has 2 N–H and O–H groups in total. The average molecular weight is 274 g/mol. The molecule has 0 amide bonds. The van der Waals surface area contributed by atoms with Crippen LogP contribution < -0.4 is 5.73 Å². The topological polar surface area (TPSA) is 63.4 Å². The van der Waals surface area contributed by atoms with Gasteiger partial charge in [0, 0.05) is 25.0 Å². The predicted octanol–water partition coefficient (Wildman–Crippen LogP) is 1.56. The van der Waals surface area contributed by atoms with Crippen LogP contribution in [0.2, 0.25) is 0 Å². The van der Waals surface area contributed by atoms with E-state index in [1.807, 2.05) is 6.26 Å².